The summed E-state index contributed by atoms with van der Waals surface area (Å²) in [5, 5.41) is 4.11. The Labute approximate surface area is 218 Å². The van der Waals surface area contributed by atoms with Gasteiger partial charge in [0.05, 0.1) is 12.2 Å². The van der Waals surface area contributed by atoms with E-state index >= 15 is 0 Å². The average molecular weight is 520 g/mol. The molecule has 0 bridgehead atoms. The molecule has 4 aromatic rings. The highest BCUT2D eigenvalue weighted by Gasteiger charge is 2.44. The van der Waals surface area contributed by atoms with Gasteiger partial charge in [0.15, 0.2) is 0 Å². The molecule has 0 atom stereocenters. The first-order chi connectivity index (χ1) is 18.4. The maximum atomic E-state index is 14.0. The van der Waals surface area contributed by atoms with Gasteiger partial charge in [-0.05, 0) is 56.2 Å². The van der Waals surface area contributed by atoms with E-state index in [0.717, 1.165) is 67.2 Å². The lowest BCUT2D eigenvalue weighted by Gasteiger charge is -2.52. The number of pyridine rings is 1. The monoisotopic (exact) mass is 519 g/mol. The molecule has 0 unspecified atom stereocenters. The van der Waals surface area contributed by atoms with Crippen LogP contribution in [0.4, 0.5) is 14.6 Å². The molecule has 2 aliphatic rings. The Hall–Kier alpha value is -4.05. The van der Waals surface area contributed by atoms with Crippen LogP contribution in [0.3, 0.4) is 0 Å². The van der Waals surface area contributed by atoms with Crippen molar-refractivity contribution in [1.82, 2.24) is 19.3 Å². The summed E-state index contributed by atoms with van der Waals surface area (Å²) in [6, 6.07) is 12.5. The van der Waals surface area contributed by atoms with Crippen LogP contribution in [0, 0.1) is 24.0 Å². The van der Waals surface area contributed by atoms with Gasteiger partial charge in [-0.3, -0.25) is 4.57 Å². The number of rotatable bonds is 6. The highest BCUT2D eigenvalue weighted by molar-refractivity contribution is 5.51. The lowest BCUT2D eigenvalue weighted by Crippen LogP contribution is -2.58. The standard InChI is InChI=1S/C28H27F2N5O3/c1-19-14-31-26(34-16-28(17-34)9-11-37-12-10-28)13-25(19)38-21-7-5-20(6-8-21)35-27(36)33(18-32-35)15-22-23(29)3-2-4-24(22)30/h2-8,13-14,18H,9-12,15-17H2,1H3. The van der Waals surface area contributed by atoms with Gasteiger partial charge in [0.2, 0.25) is 0 Å². The Morgan fingerprint density at radius 1 is 1.05 bits per heavy atom. The molecule has 2 aromatic heterocycles. The van der Waals surface area contributed by atoms with E-state index in [1.54, 1.807) is 24.3 Å². The molecule has 8 nitrogen and oxygen atoms in total. The van der Waals surface area contributed by atoms with Gasteiger partial charge in [0.1, 0.15) is 35.3 Å². The first-order valence-electron chi connectivity index (χ1n) is 12.6. The summed E-state index contributed by atoms with van der Waals surface area (Å²) in [6.45, 7) is 5.30. The molecule has 1 spiro atoms. The zero-order valence-corrected chi connectivity index (χ0v) is 20.9. The molecule has 2 saturated heterocycles. The summed E-state index contributed by atoms with van der Waals surface area (Å²) in [5.74, 6) is 0.780. The van der Waals surface area contributed by atoms with Gasteiger partial charge in [-0.25, -0.2) is 18.6 Å². The molecule has 0 radical (unpaired) electrons. The van der Waals surface area contributed by atoms with Crippen LogP contribution in [-0.2, 0) is 11.3 Å². The van der Waals surface area contributed by atoms with Gasteiger partial charge < -0.3 is 14.4 Å². The minimum atomic E-state index is -0.710. The molecule has 0 saturated carbocycles. The Morgan fingerprint density at radius 2 is 1.76 bits per heavy atom. The minimum absolute atomic E-state index is 0.189. The fourth-order valence-electron chi connectivity index (χ4n) is 5.08. The van der Waals surface area contributed by atoms with Crippen LogP contribution in [0.2, 0.25) is 0 Å². The van der Waals surface area contributed by atoms with Crippen molar-refractivity contribution < 1.29 is 18.3 Å². The first-order valence-corrected chi connectivity index (χ1v) is 12.6. The number of anilines is 1. The highest BCUT2D eigenvalue weighted by Crippen LogP contribution is 2.42. The van der Waals surface area contributed by atoms with Crippen LogP contribution >= 0.6 is 0 Å². The van der Waals surface area contributed by atoms with Crippen molar-refractivity contribution in [3.05, 3.63) is 94.3 Å². The van der Waals surface area contributed by atoms with Gasteiger partial charge in [-0.2, -0.15) is 9.78 Å². The fourth-order valence-corrected chi connectivity index (χ4v) is 5.08. The van der Waals surface area contributed by atoms with Crippen molar-refractivity contribution in [1.29, 1.82) is 0 Å². The molecule has 38 heavy (non-hydrogen) atoms. The van der Waals surface area contributed by atoms with E-state index in [9.17, 15) is 13.6 Å². The van der Waals surface area contributed by atoms with Gasteiger partial charge in [-0.1, -0.05) is 6.07 Å². The minimum Gasteiger partial charge on any atom is -0.457 e. The van der Waals surface area contributed by atoms with Crippen LogP contribution in [0.25, 0.3) is 5.69 Å². The maximum absolute atomic E-state index is 14.0. The average Bonchev–Trinajstić information content (AvgIpc) is 3.27. The summed E-state index contributed by atoms with van der Waals surface area (Å²) in [5.41, 5.74) is 1.06. The SMILES string of the molecule is Cc1cnc(N2CC3(CCOCC3)C2)cc1Oc1ccc(-n2ncn(Cc3c(F)cccc3F)c2=O)cc1. The second kappa shape index (κ2) is 9.68. The van der Waals surface area contributed by atoms with Gasteiger partial charge in [0, 0.05) is 55.1 Å². The number of ether oxygens (including phenoxy) is 2. The quantitative estimate of drug-likeness (QED) is 0.374. The summed E-state index contributed by atoms with van der Waals surface area (Å²) in [7, 11) is 0. The zero-order valence-electron chi connectivity index (χ0n) is 20.9. The van der Waals surface area contributed by atoms with Gasteiger partial charge >= 0.3 is 5.69 Å². The molecule has 4 heterocycles. The summed E-state index contributed by atoms with van der Waals surface area (Å²) >= 11 is 0. The van der Waals surface area contributed by atoms with Crippen molar-refractivity contribution in [3.8, 4) is 17.2 Å². The van der Waals surface area contributed by atoms with E-state index in [4.69, 9.17) is 9.47 Å². The van der Waals surface area contributed by atoms with Crippen LogP contribution in [0.1, 0.15) is 24.0 Å². The Kier molecular flexibility index (Phi) is 6.19. The number of benzene rings is 2. The van der Waals surface area contributed by atoms with E-state index in [2.05, 4.69) is 15.0 Å². The summed E-state index contributed by atoms with van der Waals surface area (Å²) < 4.78 is 42.0. The second-order valence-electron chi connectivity index (χ2n) is 10.0. The lowest BCUT2D eigenvalue weighted by atomic mass is 9.73. The van der Waals surface area contributed by atoms with Crippen LogP contribution < -0.4 is 15.3 Å². The zero-order chi connectivity index (χ0) is 26.3. The van der Waals surface area contributed by atoms with E-state index in [0.29, 0.717) is 22.6 Å². The van der Waals surface area contributed by atoms with Gasteiger partial charge in [0.25, 0.3) is 0 Å². The molecule has 2 fully saturated rings. The van der Waals surface area contributed by atoms with Crippen LogP contribution in [-0.4, -0.2) is 45.6 Å². The number of hydrogen-bond acceptors (Lipinski definition) is 6. The Bertz CT molecular complexity index is 1500. The maximum Gasteiger partial charge on any atom is 0.350 e. The number of nitrogens with zero attached hydrogens (tertiary/aromatic N) is 5. The molecule has 0 N–H and O–H groups in total. The van der Waals surface area contributed by atoms with Crippen molar-refractivity contribution in [2.45, 2.75) is 26.3 Å². The third kappa shape index (κ3) is 4.56. The smallest absolute Gasteiger partial charge is 0.350 e. The Balaban J connectivity index is 1.16. The third-order valence-corrected chi connectivity index (χ3v) is 7.40. The van der Waals surface area contributed by atoms with E-state index in [1.807, 2.05) is 19.2 Å². The lowest BCUT2D eigenvalue weighted by molar-refractivity contribution is -0.000466. The molecule has 2 aromatic carbocycles. The molecule has 0 amide bonds. The Morgan fingerprint density at radius 3 is 2.47 bits per heavy atom. The third-order valence-electron chi connectivity index (χ3n) is 7.40. The van der Waals surface area contributed by atoms with Crippen molar-refractivity contribution >= 4 is 5.82 Å². The largest absolute Gasteiger partial charge is 0.457 e. The normalized spacial score (nSPS) is 16.4. The molecular weight excluding hydrogens is 492 g/mol. The molecule has 10 heteroatoms. The van der Waals surface area contributed by atoms with E-state index in [-0.39, 0.29) is 12.1 Å². The molecule has 2 aliphatic heterocycles. The summed E-state index contributed by atoms with van der Waals surface area (Å²) in [4.78, 5) is 19.7. The van der Waals surface area contributed by atoms with Crippen molar-refractivity contribution in [2.24, 2.45) is 5.41 Å². The number of hydrogen-bond donors (Lipinski definition) is 0. The van der Waals surface area contributed by atoms with Crippen molar-refractivity contribution in [3.63, 3.8) is 0 Å². The molecule has 6 rings (SSSR count). The molecule has 0 aliphatic carbocycles. The van der Waals surface area contributed by atoms with E-state index in [1.165, 1.54) is 17.1 Å². The fraction of sp³-hybridized carbons (Fsp3) is 0.321. The molecular formula is C28H27F2N5O3. The van der Waals surface area contributed by atoms with Crippen LogP contribution in [0.15, 0.2) is 65.8 Å². The van der Waals surface area contributed by atoms with E-state index < -0.39 is 17.3 Å². The second-order valence-corrected chi connectivity index (χ2v) is 10.0. The first kappa shape index (κ1) is 24.3. The van der Waals surface area contributed by atoms with Gasteiger partial charge in [-0.15, -0.1) is 0 Å². The molecule has 196 valence electrons. The topological polar surface area (TPSA) is 74.4 Å². The van der Waals surface area contributed by atoms with Crippen molar-refractivity contribution in [2.75, 3.05) is 31.2 Å². The predicted octanol–water partition coefficient (Wildman–Crippen LogP) is 4.47. The highest BCUT2D eigenvalue weighted by atomic mass is 19.1. The number of aromatic nitrogens is 4. The number of aryl methyl sites for hydroxylation is 1. The summed E-state index contributed by atoms with van der Waals surface area (Å²) in [6.07, 6.45) is 5.26. The predicted molar refractivity (Wildman–Crippen MR) is 137 cm³/mol. The number of halogens is 2. The van der Waals surface area contributed by atoms with Crippen LogP contribution in [0.5, 0.6) is 11.5 Å².